The van der Waals surface area contributed by atoms with E-state index in [0.717, 1.165) is 0 Å². The maximum Gasteiger partial charge on any atom is 0.263 e. The van der Waals surface area contributed by atoms with E-state index in [9.17, 15) is 13.5 Å². The summed E-state index contributed by atoms with van der Waals surface area (Å²) in [4.78, 5) is -0.185. The number of phenols is 1. The van der Waals surface area contributed by atoms with Crippen molar-refractivity contribution in [2.24, 2.45) is 0 Å². The summed E-state index contributed by atoms with van der Waals surface area (Å²) in [5.74, 6) is 0.348. The predicted octanol–water partition coefficient (Wildman–Crippen LogP) is 2.86. The first kappa shape index (κ1) is 16.3. The van der Waals surface area contributed by atoms with Crippen LogP contribution in [0.3, 0.4) is 0 Å². The van der Waals surface area contributed by atoms with Gasteiger partial charge in [0.25, 0.3) is 10.0 Å². The Hall–Kier alpha value is -2.12. The minimum Gasteiger partial charge on any atom is -0.506 e. The Balaban J connectivity index is 2.48. The maximum absolute atomic E-state index is 12.4. The van der Waals surface area contributed by atoms with Crippen molar-refractivity contribution in [3.63, 3.8) is 0 Å². The molecule has 0 saturated carbocycles. The number of para-hydroxylation sites is 2. The summed E-state index contributed by atoms with van der Waals surface area (Å²) in [6.45, 7) is 0. The molecule has 0 aliphatic heterocycles. The van der Waals surface area contributed by atoms with Crippen LogP contribution in [0.1, 0.15) is 0 Å². The van der Waals surface area contributed by atoms with E-state index >= 15 is 0 Å². The average Bonchev–Trinajstić information content (AvgIpc) is 2.48. The number of hydrogen-bond acceptors (Lipinski definition) is 5. The molecule has 2 aromatic rings. The fourth-order valence-electron chi connectivity index (χ4n) is 1.80. The van der Waals surface area contributed by atoms with E-state index in [1.54, 1.807) is 12.1 Å². The Morgan fingerprint density at radius 3 is 2.27 bits per heavy atom. The minimum absolute atomic E-state index is 0.0272. The van der Waals surface area contributed by atoms with Gasteiger partial charge in [-0.05, 0) is 12.1 Å². The second kappa shape index (κ2) is 6.33. The van der Waals surface area contributed by atoms with Gasteiger partial charge < -0.3 is 14.6 Å². The number of anilines is 1. The molecule has 2 aromatic carbocycles. The van der Waals surface area contributed by atoms with Gasteiger partial charge in [0.2, 0.25) is 0 Å². The molecule has 0 fully saturated rings. The normalized spacial score (nSPS) is 11.0. The molecule has 0 unspecified atom stereocenters. The van der Waals surface area contributed by atoms with Crippen LogP contribution in [0.5, 0.6) is 17.2 Å². The van der Waals surface area contributed by atoms with Gasteiger partial charge in [-0.15, -0.1) is 0 Å². The molecule has 0 saturated heterocycles. The van der Waals surface area contributed by atoms with E-state index in [2.05, 4.69) is 4.72 Å². The van der Waals surface area contributed by atoms with Crippen LogP contribution in [0.25, 0.3) is 0 Å². The molecule has 0 aliphatic rings. The van der Waals surface area contributed by atoms with Crippen LogP contribution in [-0.2, 0) is 10.0 Å². The van der Waals surface area contributed by atoms with Crippen LogP contribution in [0.15, 0.2) is 41.3 Å². The largest absolute Gasteiger partial charge is 0.506 e. The molecule has 0 atom stereocenters. The van der Waals surface area contributed by atoms with E-state index in [1.165, 1.54) is 38.5 Å². The lowest BCUT2D eigenvalue weighted by atomic mass is 10.3. The molecule has 0 aromatic heterocycles. The summed E-state index contributed by atoms with van der Waals surface area (Å²) in [7, 11) is -1.19. The number of ether oxygens (including phenoxy) is 2. The molecule has 2 N–H and O–H groups in total. The summed E-state index contributed by atoms with van der Waals surface area (Å²) in [6.07, 6.45) is 0. The van der Waals surface area contributed by atoms with Crippen LogP contribution in [-0.4, -0.2) is 27.7 Å². The first-order valence-corrected chi connectivity index (χ1v) is 7.97. The van der Waals surface area contributed by atoms with Gasteiger partial charge >= 0.3 is 0 Å². The molecule has 22 heavy (non-hydrogen) atoms. The van der Waals surface area contributed by atoms with Crippen LogP contribution >= 0.6 is 11.6 Å². The molecule has 0 spiro atoms. The van der Waals surface area contributed by atoms with Gasteiger partial charge in [0, 0.05) is 12.1 Å². The molecule has 0 radical (unpaired) electrons. The van der Waals surface area contributed by atoms with E-state index in [1.807, 2.05) is 0 Å². The van der Waals surface area contributed by atoms with Crippen molar-refractivity contribution >= 4 is 27.3 Å². The van der Waals surface area contributed by atoms with Crippen LogP contribution in [0.4, 0.5) is 5.69 Å². The van der Waals surface area contributed by atoms with Crippen molar-refractivity contribution in [3.05, 3.63) is 41.4 Å². The molecule has 118 valence electrons. The molecule has 0 aliphatic carbocycles. The number of rotatable bonds is 5. The Labute approximate surface area is 133 Å². The lowest BCUT2D eigenvalue weighted by molar-refractivity contribution is 0.354. The first-order chi connectivity index (χ1) is 10.4. The molecular formula is C14H14ClNO5S. The fraction of sp³-hybridized carbons (Fsp3) is 0.143. The summed E-state index contributed by atoms with van der Waals surface area (Å²) in [6, 6.07) is 8.57. The second-order valence-electron chi connectivity index (χ2n) is 4.26. The zero-order valence-corrected chi connectivity index (χ0v) is 13.4. The Morgan fingerprint density at radius 1 is 1.09 bits per heavy atom. The highest BCUT2D eigenvalue weighted by Crippen LogP contribution is 2.36. The Bertz CT molecular complexity index is 792. The highest BCUT2D eigenvalue weighted by Gasteiger charge is 2.22. The van der Waals surface area contributed by atoms with Crippen molar-refractivity contribution in [2.45, 2.75) is 4.90 Å². The van der Waals surface area contributed by atoms with Gasteiger partial charge in [-0.25, -0.2) is 8.42 Å². The van der Waals surface area contributed by atoms with E-state index in [-0.39, 0.29) is 27.1 Å². The summed E-state index contributed by atoms with van der Waals surface area (Å²) in [5.41, 5.74) is 0.0494. The lowest BCUT2D eigenvalue weighted by Crippen LogP contribution is -2.14. The summed E-state index contributed by atoms with van der Waals surface area (Å²) < 4.78 is 37.3. The molecule has 0 heterocycles. The number of hydrogen-bond donors (Lipinski definition) is 2. The van der Waals surface area contributed by atoms with Gasteiger partial charge in [0.1, 0.15) is 10.6 Å². The van der Waals surface area contributed by atoms with E-state index < -0.39 is 10.0 Å². The zero-order valence-electron chi connectivity index (χ0n) is 11.8. The van der Waals surface area contributed by atoms with Crippen molar-refractivity contribution in [1.29, 1.82) is 0 Å². The summed E-state index contributed by atoms with van der Waals surface area (Å²) >= 11 is 6.01. The van der Waals surface area contributed by atoms with Crippen LogP contribution in [0, 0.1) is 0 Å². The van der Waals surface area contributed by atoms with Crippen molar-refractivity contribution in [2.75, 3.05) is 18.9 Å². The van der Waals surface area contributed by atoms with Gasteiger partial charge in [-0.3, -0.25) is 4.72 Å². The van der Waals surface area contributed by atoms with Gasteiger partial charge in [0.15, 0.2) is 11.5 Å². The van der Waals surface area contributed by atoms with E-state index in [4.69, 9.17) is 21.1 Å². The number of sulfonamides is 1. The van der Waals surface area contributed by atoms with Gasteiger partial charge in [-0.2, -0.15) is 0 Å². The highest BCUT2D eigenvalue weighted by atomic mass is 35.5. The molecule has 6 nitrogen and oxygen atoms in total. The van der Waals surface area contributed by atoms with E-state index in [0.29, 0.717) is 5.75 Å². The number of benzene rings is 2. The van der Waals surface area contributed by atoms with Crippen LogP contribution in [0.2, 0.25) is 5.02 Å². The topological polar surface area (TPSA) is 84.9 Å². The Morgan fingerprint density at radius 2 is 1.68 bits per heavy atom. The number of methoxy groups -OCH3 is 2. The van der Waals surface area contributed by atoms with Crippen molar-refractivity contribution in [3.8, 4) is 17.2 Å². The molecule has 2 rings (SSSR count). The average molecular weight is 344 g/mol. The smallest absolute Gasteiger partial charge is 0.263 e. The van der Waals surface area contributed by atoms with Crippen LogP contribution < -0.4 is 14.2 Å². The minimum atomic E-state index is -4.00. The first-order valence-electron chi connectivity index (χ1n) is 6.11. The Kier molecular flexibility index (Phi) is 4.68. The molecular weight excluding hydrogens is 330 g/mol. The quantitative estimate of drug-likeness (QED) is 0.815. The lowest BCUT2D eigenvalue weighted by Gasteiger charge is -2.14. The highest BCUT2D eigenvalue weighted by molar-refractivity contribution is 7.92. The zero-order chi connectivity index (χ0) is 16.3. The molecule has 0 bridgehead atoms. The third-order valence-electron chi connectivity index (χ3n) is 2.88. The third-order valence-corrected chi connectivity index (χ3v) is 4.71. The number of nitrogens with one attached hydrogen (secondary N) is 1. The number of aromatic hydroxyl groups is 1. The monoisotopic (exact) mass is 343 g/mol. The predicted molar refractivity (Wildman–Crippen MR) is 83.5 cm³/mol. The molecule has 0 amide bonds. The molecule has 8 heteroatoms. The summed E-state index contributed by atoms with van der Waals surface area (Å²) in [5, 5.41) is 9.64. The van der Waals surface area contributed by atoms with Gasteiger partial charge in [-0.1, -0.05) is 23.7 Å². The number of halogens is 1. The second-order valence-corrected chi connectivity index (χ2v) is 6.32. The van der Waals surface area contributed by atoms with Crippen molar-refractivity contribution < 1.29 is 23.0 Å². The SMILES string of the molecule is COc1cc(Cl)c(S(=O)(=O)Nc2ccccc2O)cc1OC. The fourth-order valence-corrected chi connectivity index (χ4v) is 3.41. The number of phenolic OH excluding ortho intramolecular Hbond substituents is 1. The third kappa shape index (κ3) is 3.20. The van der Waals surface area contributed by atoms with Crippen molar-refractivity contribution in [1.82, 2.24) is 0 Å². The standard InChI is InChI=1S/C14H14ClNO5S/c1-20-12-7-9(15)14(8-13(12)21-2)22(18,19)16-10-5-3-4-6-11(10)17/h3-8,16-17H,1-2H3. The van der Waals surface area contributed by atoms with Gasteiger partial charge in [0.05, 0.1) is 24.9 Å². The maximum atomic E-state index is 12.4.